The largest absolute Gasteiger partial charge is 0.350 e. The molecule has 0 aliphatic carbocycles. The Balaban J connectivity index is 2.03. The van der Waals surface area contributed by atoms with Crippen molar-refractivity contribution in [2.45, 2.75) is 32.7 Å². The monoisotopic (exact) mass is 378 g/mol. The van der Waals surface area contributed by atoms with Crippen molar-refractivity contribution in [2.24, 2.45) is 0 Å². The Morgan fingerprint density at radius 2 is 1.76 bits per heavy atom. The predicted octanol–water partition coefficient (Wildman–Crippen LogP) is 4.70. The number of benzene rings is 2. The fraction of sp³-hybridized carbons (Fsp3) is 0.263. The van der Waals surface area contributed by atoms with Gasteiger partial charge in [0.1, 0.15) is 0 Å². The van der Waals surface area contributed by atoms with Crippen LogP contribution in [0, 0.1) is 0 Å². The van der Waals surface area contributed by atoms with E-state index in [1.807, 2.05) is 19.9 Å². The summed E-state index contributed by atoms with van der Waals surface area (Å²) >= 11 is 12.1. The second-order valence-electron chi connectivity index (χ2n) is 5.93. The van der Waals surface area contributed by atoms with Gasteiger partial charge in [0, 0.05) is 12.5 Å². The first kappa shape index (κ1) is 19.3. The molecular formula is C19H20Cl2N2O2. The molecule has 0 aliphatic rings. The normalized spacial score (nSPS) is 10.6. The van der Waals surface area contributed by atoms with Crippen molar-refractivity contribution >= 4 is 40.7 Å². The molecule has 2 aromatic rings. The van der Waals surface area contributed by atoms with Crippen molar-refractivity contribution in [3.8, 4) is 0 Å². The number of aryl methyl sites for hydroxylation is 1. The SMILES string of the molecule is CC(C)NC(=O)c1ccccc1NC(=O)CCc1cccc(Cl)c1Cl. The molecular weight excluding hydrogens is 359 g/mol. The van der Waals surface area contributed by atoms with E-state index in [1.54, 1.807) is 36.4 Å². The maximum Gasteiger partial charge on any atom is 0.253 e. The molecule has 0 spiro atoms. The lowest BCUT2D eigenvalue weighted by Gasteiger charge is -2.13. The summed E-state index contributed by atoms with van der Waals surface area (Å²) in [6.07, 6.45) is 0.700. The second-order valence-corrected chi connectivity index (χ2v) is 6.72. The molecule has 0 atom stereocenters. The van der Waals surface area contributed by atoms with Crippen molar-refractivity contribution in [1.29, 1.82) is 0 Å². The van der Waals surface area contributed by atoms with Gasteiger partial charge in [0.25, 0.3) is 5.91 Å². The molecule has 25 heavy (non-hydrogen) atoms. The molecule has 6 heteroatoms. The van der Waals surface area contributed by atoms with E-state index in [9.17, 15) is 9.59 Å². The van der Waals surface area contributed by atoms with E-state index in [0.29, 0.717) is 27.7 Å². The molecule has 2 amide bonds. The molecule has 0 saturated carbocycles. The Bertz CT molecular complexity index is 776. The van der Waals surface area contributed by atoms with Gasteiger partial charge in [0.05, 0.1) is 21.3 Å². The number of nitrogens with one attached hydrogen (secondary N) is 2. The zero-order chi connectivity index (χ0) is 18.4. The average molecular weight is 379 g/mol. The third kappa shape index (κ3) is 5.48. The zero-order valence-corrected chi connectivity index (χ0v) is 15.6. The van der Waals surface area contributed by atoms with Crippen LogP contribution in [0.25, 0.3) is 0 Å². The lowest BCUT2D eigenvalue weighted by molar-refractivity contribution is -0.116. The van der Waals surface area contributed by atoms with E-state index in [2.05, 4.69) is 10.6 Å². The van der Waals surface area contributed by atoms with Crippen LogP contribution < -0.4 is 10.6 Å². The molecule has 0 saturated heterocycles. The van der Waals surface area contributed by atoms with Crippen LogP contribution in [0.15, 0.2) is 42.5 Å². The zero-order valence-electron chi connectivity index (χ0n) is 14.1. The molecule has 2 N–H and O–H groups in total. The number of anilines is 1. The molecule has 2 rings (SSSR count). The summed E-state index contributed by atoms with van der Waals surface area (Å²) < 4.78 is 0. The standard InChI is InChI=1S/C19H20Cl2N2O2/c1-12(2)22-19(25)14-7-3-4-9-16(14)23-17(24)11-10-13-6-5-8-15(20)18(13)21/h3-9,12H,10-11H2,1-2H3,(H,22,25)(H,23,24). The van der Waals surface area contributed by atoms with E-state index in [-0.39, 0.29) is 24.3 Å². The third-order valence-electron chi connectivity index (χ3n) is 3.52. The topological polar surface area (TPSA) is 58.2 Å². The molecule has 0 aliphatic heterocycles. The van der Waals surface area contributed by atoms with E-state index in [4.69, 9.17) is 23.2 Å². The summed E-state index contributed by atoms with van der Waals surface area (Å²) in [4.78, 5) is 24.5. The molecule has 0 radical (unpaired) electrons. The van der Waals surface area contributed by atoms with Crippen LogP contribution in [0.3, 0.4) is 0 Å². The fourth-order valence-electron chi connectivity index (χ4n) is 2.33. The van der Waals surface area contributed by atoms with Gasteiger partial charge in [-0.2, -0.15) is 0 Å². The Labute approximate surface area is 157 Å². The molecule has 4 nitrogen and oxygen atoms in total. The van der Waals surface area contributed by atoms with E-state index in [1.165, 1.54) is 0 Å². The van der Waals surface area contributed by atoms with Crippen molar-refractivity contribution in [1.82, 2.24) is 5.32 Å². The van der Waals surface area contributed by atoms with Gasteiger partial charge in [0.2, 0.25) is 5.91 Å². The first-order valence-electron chi connectivity index (χ1n) is 8.01. The first-order valence-corrected chi connectivity index (χ1v) is 8.76. The Morgan fingerprint density at radius 1 is 1.04 bits per heavy atom. The fourth-order valence-corrected chi connectivity index (χ4v) is 2.75. The molecule has 0 aromatic heterocycles. The van der Waals surface area contributed by atoms with Crippen molar-refractivity contribution < 1.29 is 9.59 Å². The van der Waals surface area contributed by atoms with Gasteiger partial charge in [-0.05, 0) is 44.0 Å². The van der Waals surface area contributed by atoms with Gasteiger partial charge in [-0.25, -0.2) is 0 Å². The summed E-state index contributed by atoms with van der Waals surface area (Å²) in [5, 5.41) is 6.55. The Morgan fingerprint density at radius 3 is 2.48 bits per heavy atom. The smallest absolute Gasteiger partial charge is 0.253 e. The quantitative estimate of drug-likeness (QED) is 0.764. The number of carbonyl (C=O) groups excluding carboxylic acids is 2. The number of hydrogen-bond donors (Lipinski definition) is 2. The molecule has 2 aromatic carbocycles. The summed E-state index contributed by atoms with van der Waals surface area (Å²) in [6.45, 7) is 3.77. The summed E-state index contributed by atoms with van der Waals surface area (Å²) in [7, 11) is 0. The number of hydrogen-bond acceptors (Lipinski definition) is 2. The van der Waals surface area contributed by atoms with Gasteiger partial charge in [-0.1, -0.05) is 47.5 Å². The summed E-state index contributed by atoms with van der Waals surface area (Å²) in [5.74, 6) is -0.412. The van der Waals surface area contributed by atoms with Gasteiger partial charge in [-0.15, -0.1) is 0 Å². The number of amides is 2. The van der Waals surface area contributed by atoms with Crippen molar-refractivity contribution in [3.63, 3.8) is 0 Å². The number of para-hydroxylation sites is 1. The van der Waals surface area contributed by atoms with Crippen LogP contribution in [0.2, 0.25) is 10.0 Å². The van der Waals surface area contributed by atoms with Gasteiger partial charge in [-0.3, -0.25) is 9.59 Å². The van der Waals surface area contributed by atoms with Crippen LogP contribution in [-0.2, 0) is 11.2 Å². The average Bonchev–Trinajstić information content (AvgIpc) is 2.56. The van der Waals surface area contributed by atoms with Crippen molar-refractivity contribution in [3.05, 3.63) is 63.6 Å². The highest BCUT2D eigenvalue weighted by Gasteiger charge is 2.14. The molecule has 0 unspecified atom stereocenters. The molecule has 0 bridgehead atoms. The lowest BCUT2D eigenvalue weighted by atomic mass is 10.1. The highest BCUT2D eigenvalue weighted by molar-refractivity contribution is 6.42. The molecule has 132 valence electrons. The maximum absolute atomic E-state index is 12.3. The lowest BCUT2D eigenvalue weighted by Crippen LogP contribution is -2.31. The Kier molecular flexibility index (Phi) is 6.85. The maximum atomic E-state index is 12.3. The summed E-state index contributed by atoms with van der Waals surface area (Å²) in [6, 6.07) is 12.3. The van der Waals surface area contributed by atoms with E-state index < -0.39 is 0 Å². The third-order valence-corrected chi connectivity index (χ3v) is 4.38. The summed E-state index contributed by atoms with van der Waals surface area (Å²) in [5.41, 5.74) is 1.74. The minimum Gasteiger partial charge on any atom is -0.350 e. The van der Waals surface area contributed by atoms with E-state index >= 15 is 0 Å². The first-order chi connectivity index (χ1) is 11.9. The van der Waals surface area contributed by atoms with Gasteiger partial charge >= 0.3 is 0 Å². The Hall–Kier alpha value is -2.04. The van der Waals surface area contributed by atoms with Crippen LogP contribution in [0.1, 0.15) is 36.2 Å². The highest BCUT2D eigenvalue weighted by atomic mass is 35.5. The molecule has 0 heterocycles. The van der Waals surface area contributed by atoms with Gasteiger partial charge < -0.3 is 10.6 Å². The number of halogens is 2. The number of rotatable bonds is 6. The highest BCUT2D eigenvalue weighted by Crippen LogP contribution is 2.26. The minimum absolute atomic E-state index is 0.0150. The van der Waals surface area contributed by atoms with Crippen LogP contribution in [-0.4, -0.2) is 17.9 Å². The predicted molar refractivity (Wildman–Crippen MR) is 102 cm³/mol. The van der Waals surface area contributed by atoms with Crippen LogP contribution >= 0.6 is 23.2 Å². The molecule has 0 fully saturated rings. The minimum atomic E-state index is -0.219. The number of carbonyl (C=O) groups is 2. The van der Waals surface area contributed by atoms with E-state index in [0.717, 1.165) is 5.56 Å². The van der Waals surface area contributed by atoms with Crippen LogP contribution in [0.4, 0.5) is 5.69 Å². The van der Waals surface area contributed by atoms with Gasteiger partial charge in [0.15, 0.2) is 0 Å². The van der Waals surface area contributed by atoms with Crippen LogP contribution in [0.5, 0.6) is 0 Å². The van der Waals surface area contributed by atoms with Crippen molar-refractivity contribution in [2.75, 3.05) is 5.32 Å². The second kappa shape index (κ2) is 8.88.